The van der Waals surface area contributed by atoms with Crippen LogP contribution in [0, 0.1) is 0 Å². The van der Waals surface area contributed by atoms with E-state index in [1.165, 1.54) is 0 Å². The van der Waals surface area contributed by atoms with Crippen LogP contribution in [0.15, 0.2) is 116 Å². The van der Waals surface area contributed by atoms with Crippen molar-refractivity contribution in [2.24, 2.45) is 0 Å². The molecular formula is C34H36N2O4. The second kappa shape index (κ2) is 16.3. The number of hydrogen-bond acceptors (Lipinski definition) is 4. The maximum absolute atomic E-state index is 13.2. The van der Waals surface area contributed by atoms with Crippen molar-refractivity contribution in [2.45, 2.75) is 32.9 Å². The second-order valence-corrected chi connectivity index (χ2v) is 8.68. The molecule has 0 radical (unpaired) electrons. The maximum atomic E-state index is 13.2. The Balaban J connectivity index is 0.00000216. The smallest absolute Gasteiger partial charge is 0.249 e. The summed E-state index contributed by atoms with van der Waals surface area (Å²) in [5.74, 6) is 0.720. The van der Waals surface area contributed by atoms with Gasteiger partial charge in [-0.1, -0.05) is 99.3 Å². The minimum atomic E-state index is -0.881. The quantitative estimate of drug-likeness (QED) is 0.204. The van der Waals surface area contributed by atoms with Crippen LogP contribution in [0.1, 0.15) is 30.5 Å². The number of para-hydroxylation sites is 1. The predicted molar refractivity (Wildman–Crippen MR) is 161 cm³/mol. The Morgan fingerprint density at radius 2 is 1.43 bits per heavy atom. The van der Waals surface area contributed by atoms with Crippen molar-refractivity contribution >= 4 is 23.6 Å². The minimum Gasteiger partial charge on any atom is -0.457 e. The summed E-state index contributed by atoms with van der Waals surface area (Å²) in [6.07, 6.45) is 1.86. The monoisotopic (exact) mass is 536 g/mol. The second-order valence-electron chi connectivity index (χ2n) is 8.68. The number of benzene rings is 4. The molecule has 4 aromatic rings. The van der Waals surface area contributed by atoms with E-state index in [4.69, 9.17) is 9.47 Å². The summed E-state index contributed by atoms with van der Waals surface area (Å²) < 4.78 is 11.6. The summed E-state index contributed by atoms with van der Waals surface area (Å²) in [6, 6.07) is 32.8. The van der Waals surface area contributed by atoms with Crippen molar-refractivity contribution in [1.82, 2.24) is 5.32 Å². The zero-order chi connectivity index (χ0) is 28.6. The van der Waals surface area contributed by atoms with Gasteiger partial charge >= 0.3 is 0 Å². The van der Waals surface area contributed by atoms with E-state index in [0.29, 0.717) is 18.0 Å². The molecule has 0 bridgehead atoms. The third-order valence-electron chi connectivity index (χ3n) is 5.70. The molecule has 1 atom stereocenters. The average Bonchev–Trinajstić information content (AvgIpc) is 3.00. The van der Waals surface area contributed by atoms with E-state index in [-0.39, 0.29) is 24.8 Å². The number of amides is 2. The number of nitrogens with one attached hydrogen (secondary N) is 2. The standard InChI is InChI=1S/C32H30N2O4.C2H6/c1-2-24-12-9-13-26(20-24)21-31(35)34-30(23-37-22-25-10-5-3-6-11-25)32(36)33-27-16-18-29(19-17-27)38-28-14-7-4-8-15-28;1-2/h2-20,30H,1,21-23H2,(H,33,36)(H,34,35);1-2H3. The van der Waals surface area contributed by atoms with Crippen molar-refractivity contribution < 1.29 is 19.1 Å². The van der Waals surface area contributed by atoms with E-state index >= 15 is 0 Å². The lowest BCUT2D eigenvalue weighted by atomic mass is 10.1. The summed E-state index contributed by atoms with van der Waals surface area (Å²) in [6.45, 7) is 8.12. The largest absolute Gasteiger partial charge is 0.457 e. The first kappa shape index (κ1) is 29.9. The fraction of sp³-hybridized carbons (Fsp3) is 0.176. The molecule has 206 valence electrons. The Morgan fingerprint density at radius 1 is 0.800 bits per heavy atom. The first-order chi connectivity index (χ1) is 19.6. The van der Waals surface area contributed by atoms with E-state index < -0.39 is 6.04 Å². The Morgan fingerprint density at radius 3 is 2.10 bits per heavy atom. The SMILES string of the molecule is C=Cc1cccc(CC(=O)NC(COCc2ccccc2)C(=O)Nc2ccc(Oc3ccccc3)cc2)c1.CC. The van der Waals surface area contributed by atoms with Gasteiger partial charge in [0.25, 0.3) is 0 Å². The molecule has 4 aromatic carbocycles. The molecule has 0 spiro atoms. The average molecular weight is 537 g/mol. The van der Waals surface area contributed by atoms with Crippen molar-refractivity contribution in [3.05, 3.63) is 132 Å². The number of anilines is 1. The van der Waals surface area contributed by atoms with Gasteiger partial charge in [-0.3, -0.25) is 9.59 Å². The Labute approximate surface area is 236 Å². The van der Waals surface area contributed by atoms with Gasteiger partial charge in [0.05, 0.1) is 19.6 Å². The van der Waals surface area contributed by atoms with Crippen molar-refractivity contribution in [3.8, 4) is 11.5 Å². The Kier molecular flexibility index (Phi) is 12.2. The highest BCUT2D eigenvalue weighted by atomic mass is 16.5. The molecule has 0 saturated heterocycles. The van der Waals surface area contributed by atoms with Gasteiger partial charge in [-0.05, 0) is 53.1 Å². The molecular weight excluding hydrogens is 500 g/mol. The fourth-order valence-corrected chi connectivity index (χ4v) is 3.77. The Bertz CT molecular complexity index is 1340. The topological polar surface area (TPSA) is 76.7 Å². The van der Waals surface area contributed by atoms with Gasteiger partial charge < -0.3 is 20.1 Å². The van der Waals surface area contributed by atoms with Crippen LogP contribution in [0.25, 0.3) is 6.08 Å². The van der Waals surface area contributed by atoms with Gasteiger partial charge in [-0.15, -0.1) is 0 Å². The molecule has 0 aromatic heterocycles. The summed E-state index contributed by atoms with van der Waals surface area (Å²) in [4.78, 5) is 26.0. The lowest BCUT2D eigenvalue weighted by Gasteiger charge is -2.19. The molecule has 4 rings (SSSR count). The summed E-state index contributed by atoms with van der Waals surface area (Å²) in [5, 5.41) is 5.69. The molecule has 0 aliphatic carbocycles. The lowest BCUT2D eigenvalue weighted by molar-refractivity contribution is -0.127. The molecule has 6 nitrogen and oxygen atoms in total. The van der Waals surface area contributed by atoms with Crippen LogP contribution in [0.2, 0.25) is 0 Å². The van der Waals surface area contributed by atoms with Crippen LogP contribution < -0.4 is 15.4 Å². The van der Waals surface area contributed by atoms with Crippen molar-refractivity contribution in [2.75, 3.05) is 11.9 Å². The first-order valence-corrected chi connectivity index (χ1v) is 13.4. The number of hydrogen-bond donors (Lipinski definition) is 2. The highest BCUT2D eigenvalue weighted by Gasteiger charge is 2.22. The zero-order valence-electron chi connectivity index (χ0n) is 23.0. The number of carbonyl (C=O) groups is 2. The molecule has 40 heavy (non-hydrogen) atoms. The third-order valence-corrected chi connectivity index (χ3v) is 5.70. The molecule has 0 fully saturated rings. The van der Waals surface area contributed by atoms with Crippen LogP contribution >= 0.6 is 0 Å². The Hall–Kier alpha value is -4.68. The molecule has 6 heteroatoms. The predicted octanol–water partition coefficient (Wildman–Crippen LogP) is 7.03. The number of carbonyl (C=O) groups excluding carboxylic acids is 2. The number of ether oxygens (including phenoxy) is 2. The zero-order valence-corrected chi connectivity index (χ0v) is 23.0. The van der Waals surface area contributed by atoms with Gasteiger partial charge in [-0.2, -0.15) is 0 Å². The minimum absolute atomic E-state index is 0.0222. The highest BCUT2D eigenvalue weighted by Crippen LogP contribution is 2.22. The highest BCUT2D eigenvalue weighted by molar-refractivity contribution is 5.97. The molecule has 1 unspecified atom stereocenters. The van der Waals surface area contributed by atoms with Gasteiger partial charge in [0, 0.05) is 5.69 Å². The summed E-state index contributed by atoms with van der Waals surface area (Å²) in [5.41, 5.74) is 3.32. The van der Waals surface area contributed by atoms with Crippen LogP contribution in [0.4, 0.5) is 5.69 Å². The van der Waals surface area contributed by atoms with E-state index in [1.54, 1.807) is 30.3 Å². The number of rotatable bonds is 12. The van der Waals surface area contributed by atoms with Gasteiger partial charge in [0.1, 0.15) is 17.5 Å². The van der Waals surface area contributed by atoms with E-state index in [1.807, 2.05) is 98.8 Å². The van der Waals surface area contributed by atoms with Crippen LogP contribution in [0.3, 0.4) is 0 Å². The van der Waals surface area contributed by atoms with Gasteiger partial charge in [0.15, 0.2) is 0 Å². The van der Waals surface area contributed by atoms with Crippen molar-refractivity contribution in [3.63, 3.8) is 0 Å². The maximum Gasteiger partial charge on any atom is 0.249 e. The normalized spacial score (nSPS) is 10.8. The van der Waals surface area contributed by atoms with Crippen LogP contribution in [0.5, 0.6) is 11.5 Å². The first-order valence-electron chi connectivity index (χ1n) is 13.4. The lowest BCUT2D eigenvalue weighted by Crippen LogP contribution is -2.47. The molecule has 0 saturated carbocycles. The van der Waals surface area contributed by atoms with Gasteiger partial charge in [-0.25, -0.2) is 0 Å². The third kappa shape index (κ3) is 9.89. The molecule has 0 heterocycles. The fourth-order valence-electron chi connectivity index (χ4n) is 3.77. The summed E-state index contributed by atoms with van der Waals surface area (Å²) >= 11 is 0. The van der Waals surface area contributed by atoms with Crippen LogP contribution in [-0.2, 0) is 27.4 Å². The van der Waals surface area contributed by atoms with Crippen LogP contribution in [-0.4, -0.2) is 24.5 Å². The van der Waals surface area contributed by atoms with E-state index in [0.717, 1.165) is 22.4 Å². The summed E-state index contributed by atoms with van der Waals surface area (Å²) in [7, 11) is 0. The van der Waals surface area contributed by atoms with Gasteiger partial charge in [0.2, 0.25) is 11.8 Å². The molecule has 2 amide bonds. The van der Waals surface area contributed by atoms with E-state index in [9.17, 15) is 9.59 Å². The van der Waals surface area contributed by atoms with E-state index in [2.05, 4.69) is 17.2 Å². The molecule has 2 N–H and O–H groups in total. The molecule has 0 aliphatic heterocycles. The van der Waals surface area contributed by atoms with Crippen molar-refractivity contribution in [1.29, 1.82) is 0 Å². The molecule has 0 aliphatic rings.